The lowest BCUT2D eigenvalue weighted by molar-refractivity contribution is 0.201. The number of rotatable bonds is 7. The zero-order chi connectivity index (χ0) is 15.0. The summed E-state index contributed by atoms with van der Waals surface area (Å²) in [4.78, 5) is 14.0. The third kappa shape index (κ3) is 5.39. The molecule has 1 aromatic carbocycles. The fraction of sp³-hybridized carbons (Fsp3) is 0.533. The Kier molecular flexibility index (Phi) is 7.41. The van der Waals surface area contributed by atoms with Crippen molar-refractivity contribution in [2.45, 2.75) is 33.1 Å². The van der Waals surface area contributed by atoms with E-state index in [2.05, 4.69) is 12.2 Å². The van der Waals surface area contributed by atoms with Crippen molar-refractivity contribution < 1.29 is 9.90 Å². The number of hydrogen-bond acceptors (Lipinski definition) is 2. The van der Waals surface area contributed by atoms with Crippen LogP contribution >= 0.6 is 11.6 Å². The normalized spacial score (nSPS) is 10.4. The highest BCUT2D eigenvalue weighted by Gasteiger charge is 2.14. The molecule has 0 heterocycles. The molecule has 2 N–H and O–H groups in total. The maximum absolute atomic E-state index is 12.2. The molecule has 0 aliphatic carbocycles. The maximum Gasteiger partial charge on any atom is 0.321 e. The first kappa shape index (κ1) is 16.8. The molecule has 20 heavy (non-hydrogen) atoms. The van der Waals surface area contributed by atoms with Gasteiger partial charge in [-0.25, -0.2) is 4.79 Å². The summed E-state index contributed by atoms with van der Waals surface area (Å²) in [6.45, 7) is 5.35. The molecule has 0 bridgehead atoms. The van der Waals surface area contributed by atoms with E-state index in [1.807, 2.05) is 19.1 Å². The minimum atomic E-state index is -0.169. The van der Waals surface area contributed by atoms with E-state index < -0.39 is 0 Å². The molecular weight excluding hydrogens is 276 g/mol. The first-order chi connectivity index (χ1) is 9.58. The van der Waals surface area contributed by atoms with Crippen LogP contribution in [-0.4, -0.2) is 35.7 Å². The second-order valence-electron chi connectivity index (χ2n) is 4.83. The van der Waals surface area contributed by atoms with Gasteiger partial charge in [0.1, 0.15) is 0 Å². The summed E-state index contributed by atoms with van der Waals surface area (Å²) >= 11 is 6.11. The molecule has 0 aliphatic heterocycles. The average molecular weight is 299 g/mol. The molecule has 2 amide bonds. The molecule has 5 heteroatoms. The Hall–Kier alpha value is -1.26. The van der Waals surface area contributed by atoms with E-state index in [-0.39, 0.29) is 12.6 Å². The Labute approximate surface area is 125 Å². The van der Waals surface area contributed by atoms with E-state index >= 15 is 0 Å². The van der Waals surface area contributed by atoms with Gasteiger partial charge in [0.25, 0.3) is 0 Å². The highest BCUT2D eigenvalue weighted by Crippen LogP contribution is 2.23. The van der Waals surface area contributed by atoms with E-state index in [4.69, 9.17) is 16.7 Å². The summed E-state index contributed by atoms with van der Waals surface area (Å²) in [5, 5.41) is 12.3. The van der Waals surface area contributed by atoms with Crippen molar-refractivity contribution in [2.24, 2.45) is 0 Å². The standard InChI is InChI=1S/C15H23ClN2O2/c1-3-4-8-18(9-5-10-19)15(20)17-14-7-6-12(2)11-13(14)16/h6-7,11,19H,3-5,8-10H2,1-2H3,(H,17,20). The number of unbranched alkanes of at least 4 members (excludes halogenated alkanes) is 1. The SMILES string of the molecule is CCCCN(CCCO)C(=O)Nc1ccc(C)cc1Cl. The van der Waals surface area contributed by atoms with Gasteiger partial charge in [0.05, 0.1) is 10.7 Å². The van der Waals surface area contributed by atoms with Crippen molar-refractivity contribution in [1.82, 2.24) is 4.90 Å². The quantitative estimate of drug-likeness (QED) is 0.807. The van der Waals surface area contributed by atoms with Gasteiger partial charge in [-0.05, 0) is 37.5 Å². The molecule has 4 nitrogen and oxygen atoms in total. The molecule has 0 saturated heterocycles. The van der Waals surface area contributed by atoms with E-state index in [1.54, 1.807) is 11.0 Å². The van der Waals surface area contributed by atoms with Gasteiger partial charge in [0.2, 0.25) is 0 Å². The van der Waals surface area contributed by atoms with Gasteiger partial charge in [-0.3, -0.25) is 0 Å². The van der Waals surface area contributed by atoms with Crippen molar-refractivity contribution in [3.05, 3.63) is 28.8 Å². The molecule has 0 atom stereocenters. The Morgan fingerprint density at radius 2 is 2.05 bits per heavy atom. The van der Waals surface area contributed by atoms with Crippen LogP contribution in [0.2, 0.25) is 5.02 Å². The van der Waals surface area contributed by atoms with E-state index in [1.165, 1.54) is 0 Å². The van der Waals surface area contributed by atoms with Crippen molar-refractivity contribution in [1.29, 1.82) is 0 Å². The number of aryl methyl sites for hydroxylation is 1. The summed E-state index contributed by atoms with van der Waals surface area (Å²) in [6.07, 6.45) is 2.55. The number of hydrogen-bond donors (Lipinski definition) is 2. The van der Waals surface area contributed by atoms with Gasteiger partial charge >= 0.3 is 6.03 Å². The Bertz CT molecular complexity index is 430. The third-order valence-electron chi connectivity index (χ3n) is 3.02. The van der Waals surface area contributed by atoms with E-state index in [0.717, 1.165) is 18.4 Å². The summed E-state index contributed by atoms with van der Waals surface area (Å²) in [5.41, 5.74) is 1.67. The number of halogens is 1. The third-order valence-corrected chi connectivity index (χ3v) is 3.33. The van der Waals surface area contributed by atoms with Gasteiger partial charge in [-0.2, -0.15) is 0 Å². The van der Waals surface area contributed by atoms with Crippen molar-refractivity contribution in [3.8, 4) is 0 Å². The predicted octanol–water partition coefficient (Wildman–Crippen LogP) is 3.66. The average Bonchev–Trinajstić information content (AvgIpc) is 2.42. The lowest BCUT2D eigenvalue weighted by atomic mass is 10.2. The van der Waals surface area contributed by atoms with Crippen LogP contribution in [0.1, 0.15) is 31.7 Å². The summed E-state index contributed by atoms with van der Waals surface area (Å²) in [5.74, 6) is 0. The zero-order valence-corrected chi connectivity index (χ0v) is 12.9. The first-order valence-corrected chi connectivity index (χ1v) is 7.39. The Balaban J connectivity index is 2.68. The summed E-state index contributed by atoms with van der Waals surface area (Å²) in [6, 6.07) is 5.37. The molecule has 0 aliphatic rings. The minimum absolute atomic E-state index is 0.0845. The smallest absolute Gasteiger partial charge is 0.321 e. The lowest BCUT2D eigenvalue weighted by Crippen LogP contribution is -2.36. The van der Waals surface area contributed by atoms with Gasteiger partial charge in [0.15, 0.2) is 0 Å². The summed E-state index contributed by atoms with van der Waals surface area (Å²) < 4.78 is 0. The second kappa shape index (κ2) is 8.82. The highest BCUT2D eigenvalue weighted by atomic mass is 35.5. The number of carbonyl (C=O) groups excluding carboxylic acids is 1. The van der Waals surface area contributed by atoms with Crippen LogP contribution in [0, 0.1) is 6.92 Å². The largest absolute Gasteiger partial charge is 0.396 e. The Morgan fingerprint density at radius 3 is 2.65 bits per heavy atom. The first-order valence-electron chi connectivity index (χ1n) is 7.01. The molecule has 0 radical (unpaired) electrons. The molecule has 0 spiro atoms. The van der Waals surface area contributed by atoms with Crippen molar-refractivity contribution in [2.75, 3.05) is 25.0 Å². The molecule has 0 unspecified atom stereocenters. The van der Waals surface area contributed by atoms with Gasteiger partial charge in [-0.1, -0.05) is 31.0 Å². The number of carbonyl (C=O) groups is 1. The van der Waals surface area contributed by atoms with Crippen LogP contribution < -0.4 is 5.32 Å². The molecule has 0 saturated carbocycles. The predicted molar refractivity (Wildman–Crippen MR) is 83.4 cm³/mol. The molecule has 0 aromatic heterocycles. The van der Waals surface area contributed by atoms with Crippen LogP contribution in [0.3, 0.4) is 0 Å². The molecule has 112 valence electrons. The topological polar surface area (TPSA) is 52.6 Å². The number of urea groups is 1. The van der Waals surface area contributed by atoms with Gasteiger partial charge < -0.3 is 15.3 Å². The number of amides is 2. The highest BCUT2D eigenvalue weighted by molar-refractivity contribution is 6.33. The number of nitrogens with zero attached hydrogens (tertiary/aromatic N) is 1. The van der Waals surface area contributed by atoms with Crippen LogP contribution in [-0.2, 0) is 0 Å². The van der Waals surface area contributed by atoms with E-state index in [0.29, 0.717) is 30.2 Å². The monoisotopic (exact) mass is 298 g/mol. The Morgan fingerprint density at radius 1 is 1.35 bits per heavy atom. The number of anilines is 1. The lowest BCUT2D eigenvalue weighted by Gasteiger charge is -2.23. The zero-order valence-electron chi connectivity index (χ0n) is 12.2. The molecule has 1 rings (SSSR count). The van der Waals surface area contributed by atoms with Gasteiger partial charge in [-0.15, -0.1) is 0 Å². The van der Waals surface area contributed by atoms with Crippen LogP contribution in [0.25, 0.3) is 0 Å². The van der Waals surface area contributed by atoms with Crippen LogP contribution in [0.4, 0.5) is 10.5 Å². The number of nitrogens with one attached hydrogen (secondary N) is 1. The fourth-order valence-electron chi connectivity index (χ4n) is 1.84. The number of benzene rings is 1. The molecular formula is C15H23ClN2O2. The van der Waals surface area contributed by atoms with E-state index in [9.17, 15) is 4.79 Å². The van der Waals surface area contributed by atoms with Crippen molar-refractivity contribution >= 4 is 23.3 Å². The molecule has 0 fully saturated rings. The maximum atomic E-state index is 12.2. The van der Waals surface area contributed by atoms with Crippen LogP contribution in [0.15, 0.2) is 18.2 Å². The fourth-order valence-corrected chi connectivity index (χ4v) is 2.12. The summed E-state index contributed by atoms with van der Waals surface area (Å²) in [7, 11) is 0. The van der Waals surface area contributed by atoms with Gasteiger partial charge in [0, 0.05) is 19.7 Å². The number of aliphatic hydroxyl groups excluding tert-OH is 1. The van der Waals surface area contributed by atoms with Crippen molar-refractivity contribution in [3.63, 3.8) is 0 Å². The van der Waals surface area contributed by atoms with Crippen LogP contribution in [0.5, 0.6) is 0 Å². The number of aliphatic hydroxyl groups is 1. The minimum Gasteiger partial charge on any atom is -0.396 e. The second-order valence-corrected chi connectivity index (χ2v) is 5.24. The molecule has 1 aromatic rings.